The zero-order valence-corrected chi connectivity index (χ0v) is 19.9. The van der Waals surface area contributed by atoms with Crippen molar-refractivity contribution < 1.29 is 18.0 Å². The van der Waals surface area contributed by atoms with Crippen LogP contribution < -0.4 is 5.32 Å². The van der Waals surface area contributed by atoms with E-state index in [2.05, 4.69) is 5.32 Å². The van der Waals surface area contributed by atoms with Crippen LogP contribution in [0, 0.1) is 0 Å². The molecular formula is C24H28ClN3O4S. The maximum absolute atomic E-state index is 13.1. The number of sulfonamides is 1. The van der Waals surface area contributed by atoms with Gasteiger partial charge in [-0.3, -0.25) is 9.59 Å². The summed E-state index contributed by atoms with van der Waals surface area (Å²) in [6.07, 6.45) is 3.93. The van der Waals surface area contributed by atoms with Gasteiger partial charge in [-0.1, -0.05) is 36.2 Å². The first-order valence-electron chi connectivity index (χ1n) is 11.3. The summed E-state index contributed by atoms with van der Waals surface area (Å²) in [5.74, 6) is -0.347. The van der Waals surface area contributed by atoms with E-state index in [-0.39, 0.29) is 27.8 Å². The Morgan fingerprint density at radius 1 is 0.879 bits per heavy atom. The molecule has 0 spiro atoms. The fourth-order valence-corrected chi connectivity index (χ4v) is 6.36. The van der Waals surface area contributed by atoms with E-state index in [0.29, 0.717) is 50.1 Å². The van der Waals surface area contributed by atoms with Crippen molar-refractivity contribution in [2.45, 2.75) is 43.0 Å². The average molecular weight is 490 g/mol. The second-order valence-corrected chi connectivity index (χ2v) is 10.8. The summed E-state index contributed by atoms with van der Waals surface area (Å²) in [7, 11) is -3.74. The predicted octanol–water partition coefficient (Wildman–Crippen LogP) is 3.55. The highest BCUT2D eigenvalue weighted by atomic mass is 35.5. The molecule has 33 heavy (non-hydrogen) atoms. The molecule has 2 aromatic carbocycles. The van der Waals surface area contributed by atoms with Gasteiger partial charge in [-0.05, 0) is 56.0 Å². The number of benzene rings is 2. The van der Waals surface area contributed by atoms with Crippen LogP contribution in [-0.2, 0) is 10.0 Å². The highest BCUT2D eigenvalue weighted by Gasteiger charge is 2.30. The number of nitrogens with zero attached hydrogens (tertiary/aromatic N) is 2. The van der Waals surface area contributed by atoms with Crippen LogP contribution in [-0.4, -0.2) is 61.7 Å². The maximum Gasteiger partial charge on any atom is 0.253 e. The molecule has 9 heteroatoms. The van der Waals surface area contributed by atoms with Gasteiger partial charge in [0.15, 0.2) is 0 Å². The number of carbonyl (C=O) groups excluding carboxylic acids is 2. The van der Waals surface area contributed by atoms with Crippen molar-refractivity contribution in [3.63, 3.8) is 0 Å². The number of hydrogen-bond acceptors (Lipinski definition) is 4. The summed E-state index contributed by atoms with van der Waals surface area (Å²) in [4.78, 5) is 27.2. The molecule has 0 atom stereocenters. The summed E-state index contributed by atoms with van der Waals surface area (Å²) in [6.45, 7) is 1.91. The molecule has 0 radical (unpaired) electrons. The van der Waals surface area contributed by atoms with E-state index in [1.807, 2.05) is 18.2 Å². The Morgan fingerprint density at radius 2 is 1.55 bits per heavy atom. The normalized spacial score (nSPS) is 18.2. The van der Waals surface area contributed by atoms with Gasteiger partial charge in [0.2, 0.25) is 10.0 Å². The second kappa shape index (κ2) is 10.2. The van der Waals surface area contributed by atoms with Crippen molar-refractivity contribution in [1.82, 2.24) is 14.5 Å². The topological polar surface area (TPSA) is 86.8 Å². The highest BCUT2D eigenvalue weighted by Crippen LogP contribution is 2.28. The molecular weight excluding hydrogens is 462 g/mol. The Morgan fingerprint density at radius 3 is 2.21 bits per heavy atom. The third-order valence-electron chi connectivity index (χ3n) is 6.26. The van der Waals surface area contributed by atoms with Gasteiger partial charge >= 0.3 is 0 Å². The van der Waals surface area contributed by atoms with Crippen molar-refractivity contribution in [1.29, 1.82) is 0 Å². The molecule has 176 valence electrons. The van der Waals surface area contributed by atoms with Crippen molar-refractivity contribution in [3.8, 4) is 0 Å². The summed E-state index contributed by atoms with van der Waals surface area (Å²) in [6, 6.07) is 13.5. The van der Waals surface area contributed by atoms with Crippen molar-refractivity contribution in [3.05, 3.63) is 64.7 Å². The molecule has 2 aliphatic heterocycles. The lowest BCUT2D eigenvalue weighted by molar-refractivity contribution is 0.0698. The lowest BCUT2D eigenvalue weighted by Gasteiger charge is -2.32. The SMILES string of the molecule is O=C(NC1CCN(C(=O)c2ccc(Cl)c(S(=O)(=O)N3CCCCC3)c2)CC1)c1ccccc1. The van der Waals surface area contributed by atoms with Gasteiger partial charge in [-0.15, -0.1) is 0 Å². The first-order chi connectivity index (χ1) is 15.9. The van der Waals surface area contributed by atoms with E-state index in [9.17, 15) is 18.0 Å². The van der Waals surface area contributed by atoms with Crippen LogP contribution in [0.1, 0.15) is 52.8 Å². The molecule has 2 heterocycles. The second-order valence-electron chi connectivity index (χ2n) is 8.52. The molecule has 1 N–H and O–H groups in total. The number of piperidine rings is 2. The first-order valence-corrected chi connectivity index (χ1v) is 13.1. The maximum atomic E-state index is 13.1. The number of nitrogens with one attached hydrogen (secondary N) is 1. The van der Waals surface area contributed by atoms with Crippen molar-refractivity contribution in [2.75, 3.05) is 26.2 Å². The van der Waals surface area contributed by atoms with Crippen LogP contribution >= 0.6 is 11.6 Å². The summed E-state index contributed by atoms with van der Waals surface area (Å²) in [5, 5.41) is 3.15. The van der Waals surface area contributed by atoms with Gasteiger partial charge in [0.1, 0.15) is 4.90 Å². The number of likely N-dealkylation sites (tertiary alicyclic amines) is 1. The summed E-state index contributed by atoms with van der Waals surface area (Å²) >= 11 is 6.24. The third-order valence-corrected chi connectivity index (χ3v) is 8.64. The van der Waals surface area contributed by atoms with Crippen LogP contribution in [0.15, 0.2) is 53.4 Å². The molecule has 2 aliphatic rings. The Kier molecular flexibility index (Phi) is 7.36. The van der Waals surface area contributed by atoms with Gasteiger partial charge in [0.05, 0.1) is 5.02 Å². The van der Waals surface area contributed by atoms with E-state index in [4.69, 9.17) is 11.6 Å². The number of halogens is 1. The molecule has 0 saturated carbocycles. The Balaban J connectivity index is 1.41. The van der Waals surface area contributed by atoms with Crippen LogP contribution in [0.25, 0.3) is 0 Å². The fourth-order valence-electron chi connectivity index (χ4n) is 4.35. The van der Waals surface area contributed by atoms with E-state index >= 15 is 0 Å². The number of rotatable bonds is 5. The number of hydrogen-bond donors (Lipinski definition) is 1. The molecule has 7 nitrogen and oxygen atoms in total. The van der Waals surface area contributed by atoms with Crippen LogP contribution in [0.4, 0.5) is 0 Å². The Bertz CT molecular complexity index is 1110. The molecule has 0 bridgehead atoms. The molecule has 2 fully saturated rings. The highest BCUT2D eigenvalue weighted by molar-refractivity contribution is 7.89. The average Bonchev–Trinajstić information content (AvgIpc) is 2.85. The molecule has 0 aliphatic carbocycles. The standard InChI is InChI=1S/C24H28ClN3O4S/c25-21-10-9-19(17-22(21)33(31,32)28-13-5-2-6-14-28)24(30)27-15-11-20(12-16-27)26-23(29)18-7-3-1-4-8-18/h1,3-4,7-10,17,20H,2,5-6,11-16H2,(H,26,29). The third kappa shape index (κ3) is 5.39. The lowest BCUT2D eigenvalue weighted by Crippen LogP contribution is -2.46. The largest absolute Gasteiger partial charge is 0.349 e. The summed E-state index contributed by atoms with van der Waals surface area (Å²) in [5.41, 5.74) is 0.918. The smallest absolute Gasteiger partial charge is 0.253 e. The van der Waals surface area contributed by atoms with Crippen LogP contribution in [0.5, 0.6) is 0 Å². The molecule has 0 aromatic heterocycles. The van der Waals surface area contributed by atoms with Crippen LogP contribution in [0.3, 0.4) is 0 Å². The zero-order chi connectivity index (χ0) is 23.4. The van der Waals surface area contributed by atoms with Gasteiger partial charge in [0, 0.05) is 43.3 Å². The van der Waals surface area contributed by atoms with E-state index in [1.54, 1.807) is 23.1 Å². The monoisotopic (exact) mass is 489 g/mol. The minimum atomic E-state index is -3.74. The van der Waals surface area contributed by atoms with Crippen molar-refractivity contribution >= 4 is 33.4 Å². The van der Waals surface area contributed by atoms with Gasteiger partial charge in [0.25, 0.3) is 11.8 Å². The summed E-state index contributed by atoms with van der Waals surface area (Å²) < 4.78 is 27.6. The first kappa shape index (κ1) is 23.7. The van der Waals surface area contributed by atoms with E-state index in [0.717, 1.165) is 19.3 Å². The number of amides is 2. The lowest BCUT2D eigenvalue weighted by atomic mass is 10.0. The predicted molar refractivity (Wildman–Crippen MR) is 127 cm³/mol. The van der Waals surface area contributed by atoms with E-state index in [1.165, 1.54) is 16.4 Å². The molecule has 2 aromatic rings. The fraction of sp³-hybridized carbons (Fsp3) is 0.417. The quantitative estimate of drug-likeness (QED) is 0.695. The minimum Gasteiger partial charge on any atom is -0.349 e. The van der Waals surface area contributed by atoms with Gasteiger partial charge < -0.3 is 10.2 Å². The van der Waals surface area contributed by atoms with Gasteiger partial charge in [-0.2, -0.15) is 4.31 Å². The van der Waals surface area contributed by atoms with Gasteiger partial charge in [-0.25, -0.2) is 8.42 Å². The van der Waals surface area contributed by atoms with E-state index < -0.39 is 10.0 Å². The minimum absolute atomic E-state index is 0.0120. The molecule has 2 saturated heterocycles. The van der Waals surface area contributed by atoms with Crippen LogP contribution in [0.2, 0.25) is 5.02 Å². The van der Waals surface area contributed by atoms with Crippen molar-refractivity contribution in [2.24, 2.45) is 0 Å². The Labute approximate surface area is 199 Å². The molecule has 0 unspecified atom stereocenters. The zero-order valence-electron chi connectivity index (χ0n) is 18.4. The molecule has 2 amide bonds. The Hall–Kier alpha value is -2.42. The molecule has 4 rings (SSSR count). The number of carbonyl (C=O) groups is 2.